The molecule has 1 aromatic carbocycles. The van der Waals surface area contributed by atoms with E-state index < -0.39 is 0 Å². The van der Waals surface area contributed by atoms with Crippen LogP contribution in [0.3, 0.4) is 0 Å². The van der Waals surface area contributed by atoms with E-state index in [-0.39, 0.29) is 5.82 Å². The minimum atomic E-state index is -0.166. The third kappa shape index (κ3) is 2.06. The van der Waals surface area contributed by atoms with Gasteiger partial charge in [0.25, 0.3) is 0 Å². The van der Waals surface area contributed by atoms with Gasteiger partial charge in [-0.3, -0.25) is 0 Å². The van der Waals surface area contributed by atoms with E-state index in [0.29, 0.717) is 12.0 Å². The van der Waals surface area contributed by atoms with Gasteiger partial charge in [0.05, 0.1) is 0 Å². The number of hydrogen-bond acceptors (Lipinski definition) is 1. The molecule has 1 aliphatic rings. The van der Waals surface area contributed by atoms with Gasteiger partial charge in [0.2, 0.25) is 0 Å². The van der Waals surface area contributed by atoms with E-state index in [9.17, 15) is 4.39 Å². The predicted octanol–water partition coefficient (Wildman–Crippen LogP) is 3.43. The molecule has 2 heteroatoms. The Morgan fingerprint density at radius 3 is 2.86 bits per heavy atom. The normalized spacial score (nSPS) is 26.4. The number of nitrogens with one attached hydrogen (secondary N) is 1. The van der Waals surface area contributed by atoms with Crippen molar-refractivity contribution >= 4 is 5.69 Å². The third-order valence-electron chi connectivity index (χ3n) is 3.04. The Morgan fingerprint density at radius 2 is 2.21 bits per heavy atom. The molecule has 0 unspecified atom stereocenters. The summed E-state index contributed by atoms with van der Waals surface area (Å²) in [6, 6.07) is 7.23. The Balaban J connectivity index is 2.03. The summed E-state index contributed by atoms with van der Waals surface area (Å²) in [5.74, 6) is 0.541. The van der Waals surface area contributed by atoms with Gasteiger partial charge < -0.3 is 5.32 Å². The van der Waals surface area contributed by atoms with E-state index in [1.165, 1.54) is 25.3 Å². The van der Waals surface area contributed by atoms with E-state index >= 15 is 0 Å². The Labute approximate surface area is 84.3 Å². The van der Waals surface area contributed by atoms with Crippen molar-refractivity contribution in [3.63, 3.8) is 0 Å². The third-order valence-corrected chi connectivity index (χ3v) is 3.04. The van der Waals surface area contributed by atoms with Crippen molar-refractivity contribution in [2.75, 3.05) is 5.32 Å². The summed E-state index contributed by atoms with van der Waals surface area (Å²) in [4.78, 5) is 0. The average Bonchev–Trinajstić information content (AvgIpc) is 2.52. The second-order valence-corrected chi connectivity index (χ2v) is 4.17. The van der Waals surface area contributed by atoms with Gasteiger partial charge in [-0.2, -0.15) is 0 Å². The molecule has 1 aromatic rings. The highest BCUT2D eigenvalue weighted by Crippen LogP contribution is 2.27. The van der Waals surface area contributed by atoms with Crippen LogP contribution < -0.4 is 5.32 Å². The van der Waals surface area contributed by atoms with Crippen LogP contribution in [0.2, 0.25) is 0 Å². The van der Waals surface area contributed by atoms with E-state index in [4.69, 9.17) is 0 Å². The lowest BCUT2D eigenvalue weighted by molar-refractivity contribution is 0.555. The monoisotopic (exact) mass is 193 g/mol. The molecule has 0 saturated heterocycles. The minimum Gasteiger partial charge on any atom is -0.382 e. The summed E-state index contributed by atoms with van der Waals surface area (Å²) < 4.78 is 12.9. The Bertz CT molecular complexity index is 311. The van der Waals surface area contributed by atoms with Crippen molar-refractivity contribution in [3.8, 4) is 0 Å². The zero-order valence-corrected chi connectivity index (χ0v) is 8.46. The fraction of sp³-hybridized carbons (Fsp3) is 0.500. The topological polar surface area (TPSA) is 12.0 Å². The van der Waals surface area contributed by atoms with Crippen molar-refractivity contribution < 1.29 is 4.39 Å². The van der Waals surface area contributed by atoms with Crippen LogP contribution in [0.15, 0.2) is 24.3 Å². The first-order valence-corrected chi connectivity index (χ1v) is 5.28. The summed E-state index contributed by atoms with van der Waals surface area (Å²) in [5, 5.41) is 3.39. The molecule has 0 bridgehead atoms. The van der Waals surface area contributed by atoms with Gasteiger partial charge in [-0.15, -0.1) is 0 Å². The lowest BCUT2D eigenvalue weighted by atomic mass is 10.1. The van der Waals surface area contributed by atoms with Crippen LogP contribution in [0.1, 0.15) is 26.2 Å². The SMILES string of the molecule is C[C@@H]1CCC[C@H]1Nc1cccc(F)c1. The first-order chi connectivity index (χ1) is 6.75. The zero-order chi connectivity index (χ0) is 9.97. The molecule has 0 aromatic heterocycles. The number of halogens is 1. The molecule has 1 saturated carbocycles. The second kappa shape index (κ2) is 3.99. The minimum absolute atomic E-state index is 0.166. The molecule has 0 amide bonds. The lowest BCUT2D eigenvalue weighted by Gasteiger charge is -2.18. The standard InChI is InChI=1S/C12H16FN/c1-9-4-2-7-12(9)14-11-6-3-5-10(13)8-11/h3,5-6,8-9,12,14H,2,4,7H2,1H3/t9-,12-/m1/s1. The van der Waals surface area contributed by atoms with Gasteiger partial charge >= 0.3 is 0 Å². The highest BCUT2D eigenvalue weighted by molar-refractivity contribution is 5.44. The molecule has 0 radical (unpaired) electrons. The molecular weight excluding hydrogens is 177 g/mol. The molecule has 2 atom stereocenters. The van der Waals surface area contributed by atoms with E-state index in [1.54, 1.807) is 12.1 Å². The lowest BCUT2D eigenvalue weighted by Crippen LogP contribution is -2.21. The Hall–Kier alpha value is -1.05. The number of hydrogen-bond donors (Lipinski definition) is 1. The van der Waals surface area contributed by atoms with Crippen LogP contribution in [0.25, 0.3) is 0 Å². The van der Waals surface area contributed by atoms with Crippen LogP contribution in [-0.2, 0) is 0 Å². The van der Waals surface area contributed by atoms with Gasteiger partial charge in [-0.25, -0.2) is 4.39 Å². The zero-order valence-electron chi connectivity index (χ0n) is 8.46. The van der Waals surface area contributed by atoms with E-state index in [0.717, 1.165) is 5.69 Å². The fourth-order valence-electron chi connectivity index (χ4n) is 2.15. The predicted molar refractivity (Wildman–Crippen MR) is 56.8 cm³/mol. The van der Waals surface area contributed by atoms with Gasteiger partial charge in [0.15, 0.2) is 0 Å². The maximum Gasteiger partial charge on any atom is 0.125 e. The molecule has 2 rings (SSSR count). The molecule has 0 aliphatic heterocycles. The summed E-state index contributed by atoms with van der Waals surface area (Å²) >= 11 is 0. The Morgan fingerprint density at radius 1 is 1.36 bits per heavy atom. The van der Waals surface area contributed by atoms with E-state index in [1.807, 2.05) is 6.07 Å². The van der Waals surface area contributed by atoms with Crippen LogP contribution in [0.5, 0.6) is 0 Å². The van der Waals surface area contributed by atoms with E-state index in [2.05, 4.69) is 12.2 Å². The van der Waals surface area contributed by atoms with Crippen molar-refractivity contribution in [3.05, 3.63) is 30.1 Å². The second-order valence-electron chi connectivity index (χ2n) is 4.17. The van der Waals surface area contributed by atoms with Gasteiger partial charge in [-0.05, 0) is 37.0 Å². The first kappa shape index (κ1) is 9.50. The Kier molecular flexibility index (Phi) is 2.71. The molecule has 1 aliphatic carbocycles. The van der Waals surface area contributed by atoms with Crippen molar-refractivity contribution in [2.45, 2.75) is 32.2 Å². The summed E-state index contributed by atoms with van der Waals surface area (Å²) in [6.07, 6.45) is 3.78. The van der Waals surface area contributed by atoms with Crippen molar-refractivity contribution in [2.24, 2.45) is 5.92 Å². The van der Waals surface area contributed by atoms with Crippen LogP contribution in [0, 0.1) is 11.7 Å². The summed E-state index contributed by atoms with van der Waals surface area (Å²) in [5.41, 5.74) is 0.906. The fourth-order valence-corrected chi connectivity index (χ4v) is 2.15. The highest BCUT2D eigenvalue weighted by atomic mass is 19.1. The van der Waals surface area contributed by atoms with Gasteiger partial charge in [0.1, 0.15) is 5.82 Å². The molecule has 0 heterocycles. The maximum atomic E-state index is 12.9. The number of anilines is 1. The quantitative estimate of drug-likeness (QED) is 0.758. The van der Waals surface area contributed by atoms with Crippen LogP contribution in [-0.4, -0.2) is 6.04 Å². The molecular formula is C12H16FN. The molecule has 1 nitrogen and oxygen atoms in total. The van der Waals surface area contributed by atoms with Gasteiger partial charge in [0, 0.05) is 11.7 Å². The maximum absolute atomic E-state index is 12.9. The van der Waals surface area contributed by atoms with Crippen LogP contribution >= 0.6 is 0 Å². The summed E-state index contributed by atoms with van der Waals surface area (Å²) in [6.45, 7) is 2.25. The molecule has 14 heavy (non-hydrogen) atoms. The number of benzene rings is 1. The van der Waals surface area contributed by atoms with Crippen LogP contribution in [0.4, 0.5) is 10.1 Å². The summed E-state index contributed by atoms with van der Waals surface area (Å²) in [7, 11) is 0. The number of rotatable bonds is 2. The van der Waals surface area contributed by atoms with Crippen molar-refractivity contribution in [1.82, 2.24) is 0 Å². The van der Waals surface area contributed by atoms with Gasteiger partial charge in [-0.1, -0.05) is 19.4 Å². The molecule has 0 spiro atoms. The smallest absolute Gasteiger partial charge is 0.125 e. The molecule has 1 N–H and O–H groups in total. The highest BCUT2D eigenvalue weighted by Gasteiger charge is 2.22. The first-order valence-electron chi connectivity index (χ1n) is 5.28. The average molecular weight is 193 g/mol. The largest absolute Gasteiger partial charge is 0.382 e. The molecule has 1 fully saturated rings. The van der Waals surface area contributed by atoms with Crippen molar-refractivity contribution in [1.29, 1.82) is 0 Å². The molecule has 76 valence electrons.